The van der Waals surface area contributed by atoms with Gasteiger partial charge in [0.2, 0.25) is 0 Å². The Hall–Kier alpha value is -3.46. The van der Waals surface area contributed by atoms with E-state index in [0.717, 1.165) is 0 Å². The van der Waals surface area contributed by atoms with Gasteiger partial charge in [0, 0.05) is 44.4 Å². The highest BCUT2D eigenvalue weighted by Gasteiger charge is 2.58. The Morgan fingerprint density at radius 1 is 0.881 bits per heavy atom. The van der Waals surface area contributed by atoms with E-state index in [2.05, 4.69) is 0 Å². The lowest BCUT2D eigenvalue weighted by molar-refractivity contribution is -0.176. The largest absolute Gasteiger partial charge is 0.462 e. The van der Waals surface area contributed by atoms with E-state index in [0.29, 0.717) is 11.1 Å². The van der Waals surface area contributed by atoms with Crippen LogP contribution in [-0.4, -0.2) is 59.0 Å². The SMILES string of the molecule is CC(=O)OC1C(C)CC2(O)C1/C=C(\C)C(OC(=O)c1ccccc1)CC(OC(C)=O)C(C)(C)/C=C/C(C)C2OC(C)=O. The number of carbonyl (C=O) groups excluding carboxylic acids is 4. The van der Waals surface area contributed by atoms with Crippen molar-refractivity contribution in [2.24, 2.45) is 23.2 Å². The second-order valence-electron chi connectivity index (χ2n) is 12.3. The molecule has 0 bridgehead atoms. The van der Waals surface area contributed by atoms with Crippen molar-refractivity contribution in [2.75, 3.05) is 0 Å². The van der Waals surface area contributed by atoms with Crippen LogP contribution >= 0.6 is 0 Å². The lowest BCUT2D eigenvalue weighted by atomic mass is 9.75. The molecule has 0 amide bonds. The number of esters is 4. The average molecular weight is 585 g/mol. The van der Waals surface area contributed by atoms with Crippen LogP contribution in [0.1, 0.15) is 78.6 Å². The fourth-order valence-electron chi connectivity index (χ4n) is 6.17. The molecule has 8 unspecified atom stereocenters. The first-order valence-electron chi connectivity index (χ1n) is 14.4. The average Bonchev–Trinajstić information content (AvgIpc) is 3.13. The fraction of sp³-hybridized carbons (Fsp3) is 0.576. The van der Waals surface area contributed by atoms with E-state index in [1.165, 1.54) is 20.8 Å². The lowest BCUT2D eigenvalue weighted by Gasteiger charge is -2.41. The molecule has 42 heavy (non-hydrogen) atoms. The van der Waals surface area contributed by atoms with Gasteiger partial charge in [-0.3, -0.25) is 14.4 Å². The van der Waals surface area contributed by atoms with Crippen LogP contribution in [0.5, 0.6) is 0 Å². The zero-order chi connectivity index (χ0) is 31.4. The molecule has 230 valence electrons. The molecular formula is C33H44O9. The standard InChI is InChI=1S/C33H44O9/c1-19-14-15-32(7,8)28(39-22(4)34)17-27(42-31(37)25-12-10-9-11-13-25)20(2)16-26-29(40-23(5)35)21(3)18-33(26,38)30(19)41-24(6)36/h9-16,19,21,26-30,38H,17-18H2,1-8H3/b15-14+,20-16+. The van der Waals surface area contributed by atoms with Crippen molar-refractivity contribution in [1.29, 1.82) is 0 Å². The molecule has 0 aromatic heterocycles. The quantitative estimate of drug-likeness (QED) is 0.290. The summed E-state index contributed by atoms with van der Waals surface area (Å²) in [6.45, 7) is 13.2. The number of aliphatic hydroxyl groups is 1. The number of hydrogen-bond donors (Lipinski definition) is 1. The van der Waals surface area contributed by atoms with Gasteiger partial charge in [-0.15, -0.1) is 0 Å². The van der Waals surface area contributed by atoms with Crippen molar-refractivity contribution in [1.82, 2.24) is 0 Å². The topological polar surface area (TPSA) is 125 Å². The Balaban J connectivity index is 2.23. The number of ether oxygens (including phenoxy) is 4. The molecule has 2 aliphatic rings. The molecule has 0 saturated heterocycles. The van der Waals surface area contributed by atoms with Gasteiger partial charge in [0.25, 0.3) is 0 Å². The van der Waals surface area contributed by atoms with Gasteiger partial charge in [0.1, 0.15) is 30.0 Å². The molecule has 1 aromatic rings. The Kier molecular flexibility index (Phi) is 10.4. The van der Waals surface area contributed by atoms with Crippen LogP contribution in [0, 0.1) is 23.2 Å². The summed E-state index contributed by atoms with van der Waals surface area (Å²) >= 11 is 0. The first kappa shape index (κ1) is 33.0. The molecule has 1 aromatic carbocycles. The van der Waals surface area contributed by atoms with Gasteiger partial charge in [-0.25, -0.2) is 4.79 Å². The Morgan fingerprint density at radius 3 is 2.05 bits per heavy atom. The number of hydrogen-bond acceptors (Lipinski definition) is 9. The van der Waals surface area contributed by atoms with Crippen LogP contribution in [0.3, 0.4) is 0 Å². The first-order valence-corrected chi connectivity index (χ1v) is 14.4. The Bertz CT molecular complexity index is 1220. The van der Waals surface area contributed by atoms with E-state index in [1.54, 1.807) is 43.3 Å². The molecule has 0 spiro atoms. The van der Waals surface area contributed by atoms with E-state index in [1.807, 2.05) is 39.8 Å². The maximum atomic E-state index is 13.2. The van der Waals surface area contributed by atoms with E-state index < -0.39 is 71.1 Å². The van der Waals surface area contributed by atoms with Gasteiger partial charge in [-0.2, -0.15) is 0 Å². The summed E-state index contributed by atoms with van der Waals surface area (Å²) in [5.41, 5.74) is -1.42. The maximum Gasteiger partial charge on any atom is 0.338 e. The lowest BCUT2D eigenvalue weighted by Crippen LogP contribution is -2.52. The number of fused-ring (bicyclic) bond motifs is 1. The monoisotopic (exact) mass is 584 g/mol. The van der Waals surface area contributed by atoms with E-state index in [9.17, 15) is 24.3 Å². The predicted octanol–water partition coefficient (Wildman–Crippen LogP) is 4.96. The van der Waals surface area contributed by atoms with Crippen molar-refractivity contribution in [3.63, 3.8) is 0 Å². The highest BCUT2D eigenvalue weighted by Crippen LogP contribution is 2.48. The Labute approximate surface area is 248 Å². The van der Waals surface area contributed by atoms with Gasteiger partial charge in [-0.05, 0) is 37.0 Å². The van der Waals surface area contributed by atoms with Gasteiger partial charge in [0.05, 0.1) is 5.56 Å². The third-order valence-corrected chi connectivity index (χ3v) is 8.31. The highest BCUT2D eigenvalue weighted by atomic mass is 16.6. The van der Waals surface area contributed by atoms with Crippen molar-refractivity contribution < 1.29 is 43.2 Å². The summed E-state index contributed by atoms with van der Waals surface area (Å²) in [5.74, 6) is -3.64. The maximum absolute atomic E-state index is 13.2. The second kappa shape index (κ2) is 13.2. The summed E-state index contributed by atoms with van der Waals surface area (Å²) < 4.78 is 23.3. The van der Waals surface area contributed by atoms with Crippen LogP contribution in [0.25, 0.3) is 0 Å². The van der Waals surface area contributed by atoms with E-state index in [4.69, 9.17) is 18.9 Å². The minimum atomic E-state index is -1.61. The minimum Gasteiger partial charge on any atom is -0.462 e. The summed E-state index contributed by atoms with van der Waals surface area (Å²) in [6.07, 6.45) is 2.52. The third kappa shape index (κ3) is 7.68. The zero-order valence-electron chi connectivity index (χ0n) is 25.8. The summed E-state index contributed by atoms with van der Waals surface area (Å²) in [4.78, 5) is 49.9. The van der Waals surface area contributed by atoms with Crippen LogP contribution in [0.2, 0.25) is 0 Å². The second-order valence-corrected chi connectivity index (χ2v) is 12.3. The smallest absolute Gasteiger partial charge is 0.338 e. The molecule has 1 saturated carbocycles. The van der Waals surface area contributed by atoms with Crippen LogP contribution in [0.4, 0.5) is 0 Å². The first-order chi connectivity index (χ1) is 19.5. The highest BCUT2D eigenvalue weighted by molar-refractivity contribution is 5.89. The Morgan fingerprint density at radius 2 is 1.48 bits per heavy atom. The molecular weight excluding hydrogens is 540 g/mol. The fourth-order valence-corrected chi connectivity index (χ4v) is 6.17. The number of rotatable bonds is 5. The van der Waals surface area contributed by atoms with Crippen LogP contribution < -0.4 is 0 Å². The minimum absolute atomic E-state index is 0.137. The number of benzene rings is 1. The van der Waals surface area contributed by atoms with Crippen molar-refractivity contribution in [2.45, 2.75) is 98.2 Å². The van der Waals surface area contributed by atoms with Gasteiger partial charge in [-0.1, -0.05) is 64.1 Å². The summed E-state index contributed by atoms with van der Waals surface area (Å²) in [6, 6.07) is 8.55. The summed E-state index contributed by atoms with van der Waals surface area (Å²) in [5, 5.41) is 12.4. The van der Waals surface area contributed by atoms with Crippen molar-refractivity contribution in [3.05, 3.63) is 59.7 Å². The van der Waals surface area contributed by atoms with E-state index in [-0.39, 0.29) is 18.8 Å². The molecule has 1 fully saturated rings. The number of carbonyl (C=O) groups is 4. The molecule has 9 heteroatoms. The molecule has 0 aliphatic heterocycles. The molecule has 8 atom stereocenters. The molecule has 0 heterocycles. The molecule has 1 N–H and O–H groups in total. The molecule has 2 aliphatic carbocycles. The molecule has 9 nitrogen and oxygen atoms in total. The third-order valence-electron chi connectivity index (χ3n) is 8.31. The normalized spacial score (nSPS) is 34.7. The van der Waals surface area contributed by atoms with Gasteiger partial charge < -0.3 is 24.1 Å². The van der Waals surface area contributed by atoms with Crippen LogP contribution in [0.15, 0.2) is 54.1 Å². The van der Waals surface area contributed by atoms with Crippen molar-refractivity contribution in [3.8, 4) is 0 Å². The van der Waals surface area contributed by atoms with Gasteiger partial charge >= 0.3 is 23.9 Å². The molecule has 3 rings (SSSR count). The van der Waals surface area contributed by atoms with Crippen molar-refractivity contribution >= 4 is 23.9 Å². The summed E-state index contributed by atoms with van der Waals surface area (Å²) in [7, 11) is 0. The predicted molar refractivity (Wildman–Crippen MR) is 155 cm³/mol. The zero-order valence-corrected chi connectivity index (χ0v) is 25.8. The molecule has 0 radical (unpaired) electrons. The van der Waals surface area contributed by atoms with E-state index >= 15 is 0 Å². The van der Waals surface area contributed by atoms with Gasteiger partial charge in [0.15, 0.2) is 0 Å². The van der Waals surface area contributed by atoms with Crippen LogP contribution in [-0.2, 0) is 33.3 Å².